The monoisotopic (exact) mass is 1560 g/mol. The average Bonchev–Trinajstić information content (AvgIpc) is 0.900. The number of hydrogen-bond acceptors (Lipinski definition) is 15. The maximum atomic E-state index is 13.2. The Morgan fingerprint density at radius 3 is 0.636 bits per heavy atom. The number of hydrogen-bond donors (Lipinski definition) is 3. The second-order valence-corrected chi connectivity index (χ2v) is 35.5. The molecule has 17 nitrogen and oxygen atoms in total. The number of esters is 4. The van der Waals surface area contributed by atoms with Crippen LogP contribution in [0.3, 0.4) is 0 Å². The van der Waals surface area contributed by atoms with Crippen molar-refractivity contribution >= 4 is 39.5 Å². The molecular weight excluding hydrogens is 1390 g/mol. The number of aliphatic hydroxyl groups is 1. The van der Waals surface area contributed by atoms with E-state index in [9.17, 15) is 43.2 Å². The number of carbonyl (C=O) groups is 4. The van der Waals surface area contributed by atoms with Crippen LogP contribution in [-0.4, -0.2) is 96.7 Å². The van der Waals surface area contributed by atoms with Gasteiger partial charge in [-0.05, 0) is 37.5 Å². The first-order valence-electron chi connectivity index (χ1n) is 45.5. The smallest absolute Gasteiger partial charge is 0.462 e. The maximum Gasteiger partial charge on any atom is 0.472 e. The standard InChI is InChI=1S/C88H172O17P2/c1-7-9-11-13-15-17-19-21-23-25-27-29-31-33-35-37-39-46-52-58-64-70-85(90)98-76-83(104-87(92)72-66-60-54-47-40-38-36-34-32-30-28-26-24-22-20-18-16-14-12-10-8-2)78-102-106(94,95)100-74-82(89)75-101-107(96,97)103-79-84(77-99-86(91)71-65-59-53-49-43-45-51-57-63-69-81(5)6)105-88(93)73-67-61-55-48-42-41-44-50-56-62-68-80(3)4/h80-84,89H,7-79H2,1-6H3,(H,94,95)(H,96,97)/t82-,83-,84-/m1/s1. The van der Waals surface area contributed by atoms with Crippen LogP contribution >= 0.6 is 15.6 Å². The van der Waals surface area contributed by atoms with Gasteiger partial charge in [0, 0.05) is 25.7 Å². The van der Waals surface area contributed by atoms with Gasteiger partial charge in [0.2, 0.25) is 0 Å². The van der Waals surface area contributed by atoms with Crippen LogP contribution in [0.2, 0.25) is 0 Å². The molecule has 0 rings (SSSR count). The Bertz CT molecular complexity index is 2050. The highest BCUT2D eigenvalue weighted by molar-refractivity contribution is 7.47. The Morgan fingerprint density at radius 2 is 0.430 bits per heavy atom. The number of carbonyl (C=O) groups excluding carboxylic acids is 4. The van der Waals surface area contributed by atoms with Gasteiger partial charge >= 0.3 is 39.5 Å². The van der Waals surface area contributed by atoms with Gasteiger partial charge in [0.1, 0.15) is 19.3 Å². The highest BCUT2D eigenvalue weighted by Crippen LogP contribution is 2.45. The van der Waals surface area contributed by atoms with Crippen molar-refractivity contribution in [3.8, 4) is 0 Å². The van der Waals surface area contributed by atoms with Crippen LogP contribution in [0.15, 0.2) is 0 Å². The van der Waals surface area contributed by atoms with Crippen LogP contribution in [0.4, 0.5) is 0 Å². The van der Waals surface area contributed by atoms with Crippen molar-refractivity contribution in [3.63, 3.8) is 0 Å². The highest BCUT2D eigenvalue weighted by atomic mass is 31.2. The summed E-state index contributed by atoms with van der Waals surface area (Å²) in [6.07, 6.45) is 72.4. The van der Waals surface area contributed by atoms with Gasteiger partial charge in [-0.15, -0.1) is 0 Å². The molecule has 0 bridgehead atoms. The topological polar surface area (TPSA) is 237 Å². The molecular formula is C88H172O17P2. The second-order valence-electron chi connectivity index (χ2n) is 32.6. The second kappa shape index (κ2) is 79.3. The number of phosphoric acid groups is 2. The summed E-state index contributed by atoms with van der Waals surface area (Å²) in [4.78, 5) is 73.3. The quantitative estimate of drug-likeness (QED) is 0.0222. The molecule has 0 saturated carbocycles. The van der Waals surface area contributed by atoms with Crippen LogP contribution in [-0.2, 0) is 65.4 Å². The van der Waals surface area contributed by atoms with E-state index >= 15 is 0 Å². The molecule has 0 radical (unpaired) electrons. The molecule has 0 fully saturated rings. The minimum Gasteiger partial charge on any atom is -0.462 e. The molecule has 2 unspecified atom stereocenters. The highest BCUT2D eigenvalue weighted by Gasteiger charge is 2.30. The summed E-state index contributed by atoms with van der Waals surface area (Å²) in [5.41, 5.74) is 0. The van der Waals surface area contributed by atoms with Gasteiger partial charge in [0.25, 0.3) is 0 Å². The van der Waals surface area contributed by atoms with E-state index in [1.165, 1.54) is 289 Å². The molecule has 0 aromatic rings. The summed E-state index contributed by atoms with van der Waals surface area (Å²) in [6.45, 7) is 9.64. The van der Waals surface area contributed by atoms with Crippen molar-refractivity contribution in [3.05, 3.63) is 0 Å². The molecule has 5 atom stereocenters. The molecule has 0 aromatic carbocycles. The lowest BCUT2D eigenvalue weighted by Crippen LogP contribution is -2.30. The first-order chi connectivity index (χ1) is 51.9. The van der Waals surface area contributed by atoms with E-state index in [1.807, 2.05) is 0 Å². The lowest BCUT2D eigenvalue weighted by atomic mass is 10.0. The summed E-state index contributed by atoms with van der Waals surface area (Å²) < 4.78 is 68.9. The van der Waals surface area contributed by atoms with Gasteiger partial charge in [-0.3, -0.25) is 37.3 Å². The molecule has 0 heterocycles. The lowest BCUT2D eigenvalue weighted by Gasteiger charge is -2.21. The zero-order valence-corrected chi connectivity index (χ0v) is 72.2. The third-order valence-corrected chi connectivity index (χ3v) is 22.6. The predicted molar refractivity (Wildman–Crippen MR) is 442 cm³/mol. The normalized spacial score (nSPS) is 13.8. The van der Waals surface area contributed by atoms with E-state index in [1.54, 1.807) is 0 Å². The molecule has 0 amide bonds. The molecule has 0 spiro atoms. The van der Waals surface area contributed by atoms with E-state index in [-0.39, 0.29) is 25.7 Å². The Kier molecular flexibility index (Phi) is 77.9. The average molecular weight is 1560 g/mol. The van der Waals surface area contributed by atoms with Crippen LogP contribution in [0.1, 0.15) is 472 Å². The van der Waals surface area contributed by atoms with E-state index < -0.39 is 97.5 Å². The van der Waals surface area contributed by atoms with Gasteiger partial charge in [-0.1, -0.05) is 420 Å². The zero-order valence-electron chi connectivity index (χ0n) is 70.5. The van der Waals surface area contributed by atoms with Crippen LogP contribution in [0, 0.1) is 11.8 Å². The van der Waals surface area contributed by atoms with Crippen LogP contribution < -0.4 is 0 Å². The fourth-order valence-electron chi connectivity index (χ4n) is 13.8. The van der Waals surface area contributed by atoms with Crippen molar-refractivity contribution in [2.24, 2.45) is 11.8 Å². The third kappa shape index (κ3) is 81.9. The summed E-state index contributed by atoms with van der Waals surface area (Å²) >= 11 is 0. The molecule has 0 aliphatic rings. The van der Waals surface area contributed by atoms with Gasteiger partial charge in [0.15, 0.2) is 12.2 Å². The first-order valence-corrected chi connectivity index (χ1v) is 48.5. The fraction of sp³-hybridized carbons (Fsp3) is 0.955. The minimum absolute atomic E-state index is 0.106. The Morgan fingerprint density at radius 1 is 0.252 bits per heavy atom. The van der Waals surface area contributed by atoms with E-state index in [0.29, 0.717) is 25.7 Å². The Hall–Kier alpha value is -1.94. The Labute approximate surface area is 658 Å². The lowest BCUT2D eigenvalue weighted by molar-refractivity contribution is -0.161. The van der Waals surface area contributed by atoms with Gasteiger partial charge in [-0.2, -0.15) is 0 Å². The molecule has 3 N–H and O–H groups in total. The van der Waals surface area contributed by atoms with Crippen molar-refractivity contribution in [1.82, 2.24) is 0 Å². The number of aliphatic hydroxyl groups excluding tert-OH is 1. The van der Waals surface area contributed by atoms with Crippen molar-refractivity contribution < 1.29 is 80.2 Å². The summed E-state index contributed by atoms with van der Waals surface area (Å²) in [5.74, 6) is -0.607. The van der Waals surface area contributed by atoms with Crippen LogP contribution in [0.25, 0.3) is 0 Å². The maximum absolute atomic E-state index is 13.2. The van der Waals surface area contributed by atoms with Crippen molar-refractivity contribution in [2.75, 3.05) is 39.6 Å². The molecule has 0 saturated heterocycles. The number of phosphoric ester groups is 2. The molecule has 636 valence electrons. The predicted octanol–water partition coefficient (Wildman–Crippen LogP) is 27.0. The first kappa shape index (κ1) is 105. The molecule has 0 aromatic heterocycles. The SMILES string of the molecule is CCCCCCCCCCCCCCCCCCCCCCCC(=O)OC[C@H](COP(=O)(O)OC[C@@H](O)COP(=O)(O)OC[C@@H](COC(=O)CCCCCCCCCCCC(C)C)OC(=O)CCCCCCCCCCCCC(C)C)OC(=O)CCCCCCCCCCCCCCCCCCCCCCC. The fourth-order valence-corrected chi connectivity index (χ4v) is 15.4. The number of ether oxygens (including phenoxy) is 4. The van der Waals surface area contributed by atoms with Gasteiger partial charge in [-0.25, -0.2) is 9.13 Å². The van der Waals surface area contributed by atoms with Gasteiger partial charge in [0.05, 0.1) is 26.4 Å². The summed E-state index contributed by atoms with van der Waals surface area (Å²) in [7, 11) is -9.93. The minimum atomic E-state index is -4.97. The summed E-state index contributed by atoms with van der Waals surface area (Å²) in [6, 6.07) is 0. The molecule has 107 heavy (non-hydrogen) atoms. The van der Waals surface area contributed by atoms with Crippen LogP contribution in [0.5, 0.6) is 0 Å². The number of unbranched alkanes of at least 4 members (excludes halogenated alkanes) is 57. The molecule has 0 aliphatic carbocycles. The Balaban J connectivity index is 5.22. The van der Waals surface area contributed by atoms with Crippen molar-refractivity contribution in [2.45, 2.75) is 490 Å². The largest absolute Gasteiger partial charge is 0.472 e. The van der Waals surface area contributed by atoms with E-state index in [2.05, 4.69) is 41.5 Å². The summed E-state index contributed by atoms with van der Waals surface area (Å²) in [5, 5.41) is 10.7. The molecule has 19 heteroatoms. The van der Waals surface area contributed by atoms with E-state index in [4.69, 9.17) is 37.0 Å². The van der Waals surface area contributed by atoms with Gasteiger partial charge < -0.3 is 33.8 Å². The number of rotatable bonds is 87. The van der Waals surface area contributed by atoms with E-state index in [0.717, 1.165) is 102 Å². The van der Waals surface area contributed by atoms with Crippen molar-refractivity contribution in [1.29, 1.82) is 0 Å². The molecule has 0 aliphatic heterocycles. The third-order valence-electron chi connectivity index (χ3n) is 20.7. The zero-order chi connectivity index (χ0) is 78.5.